The lowest BCUT2D eigenvalue weighted by atomic mass is 9.97. The van der Waals surface area contributed by atoms with Gasteiger partial charge in [0.15, 0.2) is 0 Å². The van der Waals surface area contributed by atoms with E-state index in [2.05, 4.69) is 12.2 Å². The summed E-state index contributed by atoms with van der Waals surface area (Å²) in [6.45, 7) is 5.97. The van der Waals surface area contributed by atoms with Crippen LogP contribution < -0.4 is 10.1 Å². The average molecular weight is 249 g/mol. The Balaban J connectivity index is 2.23. The number of nitrogens with one attached hydrogen (secondary N) is 1. The van der Waals surface area contributed by atoms with Crippen LogP contribution in [0.1, 0.15) is 42.6 Å². The lowest BCUT2D eigenvalue weighted by Crippen LogP contribution is -2.30. The maximum atomic E-state index is 12.0. The van der Waals surface area contributed by atoms with E-state index in [1.807, 2.05) is 19.1 Å². The van der Waals surface area contributed by atoms with Crippen molar-refractivity contribution >= 4 is 5.91 Å². The first kappa shape index (κ1) is 12.9. The summed E-state index contributed by atoms with van der Waals surface area (Å²) in [6.07, 6.45) is -0.463. The first-order chi connectivity index (χ1) is 8.50. The second-order valence-electron chi connectivity index (χ2n) is 4.89. The van der Waals surface area contributed by atoms with E-state index in [9.17, 15) is 9.90 Å². The van der Waals surface area contributed by atoms with E-state index in [-0.39, 0.29) is 18.6 Å². The summed E-state index contributed by atoms with van der Waals surface area (Å²) >= 11 is 0. The van der Waals surface area contributed by atoms with Gasteiger partial charge >= 0.3 is 0 Å². The monoisotopic (exact) mass is 249 g/mol. The summed E-state index contributed by atoms with van der Waals surface area (Å²) < 4.78 is 5.75. The third-order valence-electron chi connectivity index (χ3n) is 3.35. The first-order valence-electron chi connectivity index (χ1n) is 6.26. The van der Waals surface area contributed by atoms with Crippen molar-refractivity contribution in [1.82, 2.24) is 5.32 Å². The summed E-state index contributed by atoms with van der Waals surface area (Å²) in [5, 5.41) is 11.9. The Labute approximate surface area is 107 Å². The van der Waals surface area contributed by atoms with E-state index in [1.165, 1.54) is 0 Å². The van der Waals surface area contributed by atoms with Crippen molar-refractivity contribution in [3.63, 3.8) is 0 Å². The molecule has 4 nitrogen and oxygen atoms in total. The largest absolute Gasteiger partial charge is 0.489 e. The van der Waals surface area contributed by atoms with Crippen molar-refractivity contribution in [3.8, 4) is 5.75 Å². The lowest BCUT2D eigenvalue weighted by molar-refractivity contribution is 0.0919. The molecule has 1 heterocycles. The smallest absolute Gasteiger partial charge is 0.255 e. The van der Waals surface area contributed by atoms with Gasteiger partial charge in [0.1, 0.15) is 11.9 Å². The molecule has 0 radical (unpaired) electrons. The molecular weight excluding hydrogens is 230 g/mol. The van der Waals surface area contributed by atoms with Gasteiger partial charge in [-0.25, -0.2) is 0 Å². The zero-order valence-electron chi connectivity index (χ0n) is 10.9. The number of para-hydroxylation sites is 1. The van der Waals surface area contributed by atoms with E-state index in [0.717, 1.165) is 5.56 Å². The Morgan fingerprint density at radius 2 is 2.22 bits per heavy atom. The molecule has 1 aromatic rings. The van der Waals surface area contributed by atoms with Gasteiger partial charge < -0.3 is 15.2 Å². The SMILES string of the molecule is CC(O)CNC(=O)c1cccc2c1OC(C)C2C. The van der Waals surface area contributed by atoms with Gasteiger partial charge in [-0.05, 0) is 19.9 Å². The normalized spacial score (nSPS) is 23.1. The Hall–Kier alpha value is -1.55. The Kier molecular flexibility index (Phi) is 3.57. The number of aliphatic hydroxyl groups is 1. The van der Waals surface area contributed by atoms with Crippen molar-refractivity contribution in [3.05, 3.63) is 29.3 Å². The molecule has 0 saturated carbocycles. The second-order valence-corrected chi connectivity index (χ2v) is 4.89. The molecule has 2 N–H and O–H groups in total. The Morgan fingerprint density at radius 1 is 1.50 bits per heavy atom. The van der Waals surface area contributed by atoms with Gasteiger partial charge in [-0.15, -0.1) is 0 Å². The summed E-state index contributed by atoms with van der Waals surface area (Å²) in [5.41, 5.74) is 1.62. The van der Waals surface area contributed by atoms with Crippen molar-refractivity contribution in [2.75, 3.05) is 6.54 Å². The third-order valence-corrected chi connectivity index (χ3v) is 3.35. The van der Waals surface area contributed by atoms with Crippen LogP contribution in [0.25, 0.3) is 0 Å². The molecule has 1 aliphatic heterocycles. The van der Waals surface area contributed by atoms with E-state index in [4.69, 9.17) is 4.74 Å². The summed E-state index contributed by atoms with van der Waals surface area (Å²) in [5.74, 6) is 0.777. The standard InChI is InChI=1S/C14H19NO3/c1-8(16)7-15-14(17)12-6-4-5-11-9(2)10(3)18-13(11)12/h4-6,8-10,16H,7H2,1-3H3,(H,15,17). The number of fused-ring (bicyclic) bond motifs is 1. The zero-order valence-corrected chi connectivity index (χ0v) is 10.9. The molecule has 0 spiro atoms. The molecule has 0 saturated heterocycles. The molecule has 0 aliphatic carbocycles. The minimum absolute atomic E-state index is 0.0886. The number of aliphatic hydroxyl groups excluding tert-OH is 1. The number of hydrogen-bond acceptors (Lipinski definition) is 3. The molecule has 4 heteroatoms. The van der Waals surface area contributed by atoms with Crippen LogP contribution in [0.4, 0.5) is 0 Å². The number of amides is 1. The molecule has 3 unspecified atom stereocenters. The molecule has 18 heavy (non-hydrogen) atoms. The van der Waals surface area contributed by atoms with Crippen molar-refractivity contribution in [2.24, 2.45) is 0 Å². The summed E-state index contributed by atoms with van der Waals surface area (Å²) in [4.78, 5) is 12.0. The molecule has 0 aromatic heterocycles. The maximum Gasteiger partial charge on any atom is 0.255 e. The highest BCUT2D eigenvalue weighted by atomic mass is 16.5. The number of hydrogen-bond donors (Lipinski definition) is 2. The summed E-state index contributed by atoms with van der Waals surface area (Å²) in [6, 6.07) is 5.62. The van der Waals surface area contributed by atoms with E-state index in [0.29, 0.717) is 17.2 Å². The minimum atomic E-state index is -0.551. The molecule has 0 bridgehead atoms. The second kappa shape index (κ2) is 4.98. The van der Waals surface area contributed by atoms with Crippen molar-refractivity contribution in [1.29, 1.82) is 0 Å². The van der Waals surface area contributed by atoms with Gasteiger partial charge in [0, 0.05) is 18.0 Å². The van der Waals surface area contributed by atoms with Gasteiger partial charge in [0.25, 0.3) is 5.91 Å². The molecule has 3 atom stereocenters. The number of carbonyl (C=O) groups excluding carboxylic acids is 1. The number of ether oxygens (including phenoxy) is 1. The first-order valence-corrected chi connectivity index (χ1v) is 6.26. The molecule has 0 fully saturated rings. The van der Waals surface area contributed by atoms with E-state index < -0.39 is 6.10 Å². The topological polar surface area (TPSA) is 58.6 Å². The lowest BCUT2D eigenvalue weighted by Gasteiger charge is -2.10. The van der Waals surface area contributed by atoms with Gasteiger partial charge in [0.05, 0.1) is 11.7 Å². The van der Waals surface area contributed by atoms with Crippen LogP contribution in [0.3, 0.4) is 0 Å². The van der Waals surface area contributed by atoms with Crippen LogP contribution in [-0.2, 0) is 0 Å². The van der Waals surface area contributed by atoms with Crippen LogP contribution in [-0.4, -0.2) is 29.8 Å². The minimum Gasteiger partial charge on any atom is -0.489 e. The molecule has 2 rings (SSSR count). The fourth-order valence-corrected chi connectivity index (χ4v) is 2.10. The van der Waals surface area contributed by atoms with Gasteiger partial charge in [0.2, 0.25) is 0 Å². The number of rotatable bonds is 3. The molecule has 98 valence electrons. The predicted molar refractivity (Wildman–Crippen MR) is 69.0 cm³/mol. The average Bonchev–Trinajstić information content (AvgIpc) is 2.62. The third kappa shape index (κ3) is 2.34. The quantitative estimate of drug-likeness (QED) is 0.857. The maximum absolute atomic E-state index is 12.0. The molecule has 1 aromatic carbocycles. The van der Waals surface area contributed by atoms with Crippen LogP contribution in [0.2, 0.25) is 0 Å². The van der Waals surface area contributed by atoms with E-state index >= 15 is 0 Å². The predicted octanol–water partition coefficient (Wildman–Crippen LogP) is 1.68. The fourth-order valence-electron chi connectivity index (χ4n) is 2.10. The van der Waals surface area contributed by atoms with Gasteiger partial charge in [-0.3, -0.25) is 4.79 Å². The van der Waals surface area contributed by atoms with Crippen molar-refractivity contribution < 1.29 is 14.6 Å². The van der Waals surface area contributed by atoms with Crippen LogP contribution >= 0.6 is 0 Å². The number of carbonyl (C=O) groups is 1. The highest BCUT2D eigenvalue weighted by molar-refractivity contribution is 5.97. The van der Waals surface area contributed by atoms with Crippen LogP contribution in [0, 0.1) is 0 Å². The number of benzene rings is 1. The zero-order chi connectivity index (χ0) is 13.3. The summed E-state index contributed by atoms with van der Waals surface area (Å²) in [7, 11) is 0. The molecule has 1 aliphatic rings. The highest BCUT2D eigenvalue weighted by Gasteiger charge is 2.30. The van der Waals surface area contributed by atoms with Crippen LogP contribution in [0.5, 0.6) is 5.75 Å². The van der Waals surface area contributed by atoms with E-state index in [1.54, 1.807) is 13.0 Å². The Morgan fingerprint density at radius 3 is 2.89 bits per heavy atom. The van der Waals surface area contributed by atoms with Gasteiger partial charge in [-0.2, -0.15) is 0 Å². The van der Waals surface area contributed by atoms with Crippen molar-refractivity contribution in [2.45, 2.75) is 38.9 Å². The fraction of sp³-hybridized carbons (Fsp3) is 0.500. The Bertz CT molecular complexity index is 456. The molecular formula is C14H19NO3. The molecule has 1 amide bonds. The van der Waals surface area contributed by atoms with Crippen LogP contribution in [0.15, 0.2) is 18.2 Å². The van der Waals surface area contributed by atoms with Gasteiger partial charge in [-0.1, -0.05) is 19.1 Å². The highest BCUT2D eigenvalue weighted by Crippen LogP contribution is 2.40.